The van der Waals surface area contributed by atoms with E-state index in [4.69, 9.17) is 9.72 Å². The van der Waals surface area contributed by atoms with Crippen LogP contribution in [-0.2, 0) is 4.74 Å². The van der Waals surface area contributed by atoms with Crippen LogP contribution in [0.4, 0.5) is 11.8 Å². The van der Waals surface area contributed by atoms with Gasteiger partial charge < -0.3 is 19.4 Å². The highest BCUT2D eigenvalue weighted by atomic mass is 16.5. The zero-order chi connectivity index (χ0) is 19.5. The molecule has 0 atom stereocenters. The van der Waals surface area contributed by atoms with E-state index in [-0.39, 0.29) is 5.91 Å². The lowest BCUT2D eigenvalue weighted by Gasteiger charge is -2.36. The molecule has 148 valence electrons. The van der Waals surface area contributed by atoms with Crippen LogP contribution in [0.2, 0.25) is 0 Å². The van der Waals surface area contributed by atoms with Crippen molar-refractivity contribution in [2.45, 2.75) is 13.8 Å². The largest absolute Gasteiger partial charge is 0.378 e. The van der Waals surface area contributed by atoms with Gasteiger partial charge in [0.1, 0.15) is 5.82 Å². The number of hydrogen-bond donors (Lipinski definition) is 0. The van der Waals surface area contributed by atoms with Gasteiger partial charge in [-0.15, -0.1) is 0 Å². The van der Waals surface area contributed by atoms with Gasteiger partial charge in [-0.3, -0.25) is 4.79 Å². The number of rotatable bonds is 3. The van der Waals surface area contributed by atoms with Gasteiger partial charge in [0, 0.05) is 56.6 Å². The van der Waals surface area contributed by atoms with Gasteiger partial charge in [-0.25, -0.2) is 4.98 Å². The Kier molecular flexibility index (Phi) is 5.43. The maximum absolute atomic E-state index is 12.8. The van der Waals surface area contributed by atoms with Crippen molar-refractivity contribution in [1.82, 2.24) is 14.9 Å². The molecule has 3 heterocycles. The normalized spacial score (nSPS) is 17.7. The van der Waals surface area contributed by atoms with E-state index in [1.54, 1.807) is 0 Å². The molecular weight excluding hydrogens is 354 g/mol. The van der Waals surface area contributed by atoms with Crippen LogP contribution < -0.4 is 9.80 Å². The number of amides is 1. The molecule has 1 aromatic heterocycles. The van der Waals surface area contributed by atoms with Gasteiger partial charge in [0.05, 0.1) is 13.2 Å². The SMILES string of the molecule is Cc1cccc(C(=O)N2CCN(c3cc(C)nc(N4CCOCC4)n3)CC2)c1. The van der Waals surface area contributed by atoms with Crippen LogP contribution in [0, 0.1) is 13.8 Å². The van der Waals surface area contributed by atoms with Crippen LogP contribution in [0.25, 0.3) is 0 Å². The van der Waals surface area contributed by atoms with Crippen molar-refractivity contribution in [2.75, 3.05) is 62.3 Å². The molecule has 2 fully saturated rings. The number of nitrogens with zero attached hydrogens (tertiary/aromatic N) is 5. The highest BCUT2D eigenvalue weighted by Gasteiger charge is 2.24. The standard InChI is InChI=1S/C21H27N5O2/c1-16-4-3-5-18(14-16)20(27)25-8-6-24(7-9-25)19-15-17(2)22-21(23-19)26-10-12-28-13-11-26/h3-5,14-15H,6-13H2,1-2H3. The van der Waals surface area contributed by atoms with E-state index in [0.29, 0.717) is 26.3 Å². The average molecular weight is 381 g/mol. The van der Waals surface area contributed by atoms with Crippen molar-refractivity contribution in [1.29, 1.82) is 0 Å². The summed E-state index contributed by atoms with van der Waals surface area (Å²) in [5, 5.41) is 0. The van der Waals surface area contributed by atoms with Crippen molar-refractivity contribution >= 4 is 17.7 Å². The quantitative estimate of drug-likeness (QED) is 0.809. The average Bonchev–Trinajstić information content (AvgIpc) is 2.73. The van der Waals surface area contributed by atoms with Crippen molar-refractivity contribution in [3.63, 3.8) is 0 Å². The first-order chi connectivity index (χ1) is 13.6. The second kappa shape index (κ2) is 8.14. The van der Waals surface area contributed by atoms with Crippen LogP contribution >= 0.6 is 0 Å². The third-order valence-electron chi connectivity index (χ3n) is 5.28. The summed E-state index contributed by atoms with van der Waals surface area (Å²) in [7, 11) is 0. The summed E-state index contributed by atoms with van der Waals surface area (Å²) in [6.07, 6.45) is 0. The number of carbonyl (C=O) groups excluding carboxylic acids is 1. The molecule has 7 nitrogen and oxygen atoms in total. The van der Waals surface area contributed by atoms with E-state index in [9.17, 15) is 4.79 Å². The monoisotopic (exact) mass is 381 g/mol. The van der Waals surface area contributed by atoms with Crippen molar-refractivity contribution in [3.05, 3.63) is 47.2 Å². The predicted molar refractivity (Wildman–Crippen MR) is 109 cm³/mol. The molecule has 4 rings (SSSR count). The summed E-state index contributed by atoms with van der Waals surface area (Å²) in [6, 6.07) is 9.83. The summed E-state index contributed by atoms with van der Waals surface area (Å²) in [6.45, 7) is 10.0. The number of anilines is 2. The fourth-order valence-electron chi connectivity index (χ4n) is 3.70. The van der Waals surface area contributed by atoms with Gasteiger partial charge in [-0.2, -0.15) is 4.98 Å². The van der Waals surface area contributed by atoms with Crippen LogP contribution in [-0.4, -0.2) is 73.3 Å². The molecule has 0 spiro atoms. The molecule has 1 aromatic carbocycles. The fourth-order valence-corrected chi connectivity index (χ4v) is 3.70. The predicted octanol–water partition coefficient (Wildman–Crippen LogP) is 1.89. The second-order valence-corrected chi connectivity index (χ2v) is 7.42. The first-order valence-electron chi connectivity index (χ1n) is 9.89. The number of aromatic nitrogens is 2. The topological polar surface area (TPSA) is 61.8 Å². The van der Waals surface area contributed by atoms with E-state index in [0.717, 1.165) is 54.8 Å². The highest BCUT2D eigenvalue weighted by Crippen LogP contribution is 2.20. The minimum absolute atomic E-state index is 0.108. The molecule has 0 bridgehead atoms. The van der Waals surface area contributed by atoms with Crippen LogP contribution in [0.1, 0.15) is 21.6 Å². The van der Waals surface area contributed by atoms with Crippen molar-refractivity contribution in [2.24, 2.45) is 0 Å². The molecule has 0 unspecified atom stereocenters. The molecule has 1 amide bonds. The molecule has 0 radical (unpaired) electrons. The minimum atomic E-state index is 0.108. The van der Waals surface area contributed by atoms with Gasteiger partial charge in [0.15, 0.2) is 0 Å². The van der Waals surface area contributed by atoms with Crippen LogP contribution in [0.15, 0.2) is 30.3 Å². The number of carbonyl (C=O) groups is 1. The lowest BCUT2D eigenvalue weighted by Crippen LogP contribution is -2.49. The van der Waals surface area contributed by atoms with Gasteiger partial charge in [-0.05, 0) is 26.0 Å². The Balaban J connectivity index is 1.43. The molecular formula is C21H27N5O2. The molecule has 0 aliphatic carbocycles. The second-order valence-electron chi connectivity index (χ2n) is 7.42. The van der Waals surface area contributed by atoms with E-state index in [1.807, 2.05) is 49.1 Å². The third kappa shape index (κ3) is 4.09. The van der Waals surface area contributed by atoms with Gasteiger partial charge in [-0.1, -0.05) is 17.7 Å². The zero-order valence-corrected chi connectivity index (χ0v) is 16.6. The maximum atomic E-state index is 12.8. The van der Waals surface area contributed by atoms with Gasteiger partial charge in [0.2, 0.25) is 5.95 Å². The van der Waals surface area contributed by atoms with E-state index < -0.39 is 0 Å². The Morgan fingerprint density at radius 3 is 2.39 bits per heavy atom. The molecule has 2 aliphatic rings. The number of hydrogen-bond acceptors (Lipinski definition) is 6. The van der Waals surface area contributed by atoms with E-state index >= 15 is 0 Å². The Morgan fingerprint density at radius 2 is 1.68 bits per heavy atom. The molecule has 2 aromatic rings. The summed E-state index contributed by atoms with van der Waals surface area (Å²) >= 11 is 0. The highest BCUT2D eigenvalue weighted by molar-refractivity contribution is 5.94. The first-order valence-corrected chi connectivity index (χ1v) is 9.89. The minimum Gasteiger partial charge on any atom is -0.378 e. The summed E-state index contributed by atoms with van der Waals surface area (Å²) < 4.78 is 5.43. The summed E-state index contributed by atoms with van der Waals surface area (Å²) in [4.78, 5) is 28.5. The summed E-state index contributed by atoms with van der Waals surface area (Å²) in [5.41, 5.74) is 2.84. The molecule has 2 saturated heterocycles. The van der Waals surface area contributed by atoms with Crippen molar-refractivity contribution < 1.29 is 9.53 Å². The lowest BCUT2D eigenvalue weighted by molar-refractivity contribution is 0.0746. The molecule has 28 heavy (non-hydrogen) atoms. The third-order valence-corrected chi connectivity index (χ3v) is 5.28. The van der Waals surface area contributed by atoms with Crippen LogP contribution in [0.5, 0.6) is 0 Å². The zero-order valence-electron chi connectivity index (χ0n) is 16.6. The Hall–Kier alpha value is -2.67. The Labute approximate surface area is 165 Å². The molecule has 7 heteroatoms. The maximum Gasteiger partial charge on any atom is 0.253 e. The van der Waals surface area contributed by atoms with Crippen LogP contribution in [0.3, 0.4) is 0 Å². The Bertz CT molecular complexity index is 842. The molecule has 0 N–H and O–H groups in total. The van der Waals surface area contributed by atoms with E-state index in [1.165, 1.54) is 0 Å². The first kappa shape index (κ1) is 18.7. The van der Waals surface area contributed by atoms with Gasteiger partial charge in [0.25, 0.3) is 5.91 Å². The van der Waals surface area contributed by atoms with Crippen molar-refractivity contribution in [3.8, 4) is 0 Å². The molecule has 0 saturated carbocycles. The van der Waals surface area contributed by atoms with Gasteiger partial charge >= 0.3 is 0 Å². The lowest BCUT2D eigenvalue weighted by atomic mass is 10.1. The number of aryl methyl sites for hydroxylation is 2. The van der Waals surface area contributed by atoms with E-state index in [2.05, 4.69) is 14.8 Å². The fraction of sp³-hybridized carbons (Fsp3) is 0.476. The molecule has 2 aliphatic heterocycles. The smallest absolute Gasteiger partial charge is 0.253 e. The number of piperazine rings is 1. The summed E-state index contributed by atoms with van der Waals surface area (Å²) in [5.74, 6) is 1.82. The number of morpholine rings is 1. The Morgan fingerprint density at radius 1 is 0.929 bits per heavy atom. The number of benzene rings is 1. The number of ether oxygens (including phenoxy) is 1.